The molecule has 1 aromatic heterocycles. The van der Waals surface area contributed by atoms with Crippen LogP contribution in [-0.2, 0) is 71.1 Å². The third kappa shape index (κ3) is 11.9. The Bertz CT molecular complexity index is 2490. The van der Waals surface area contributed by atoms with Gasteiger partial charge in [-0.2, -0.15) is 0 Å². The monoisotopic (exact) mass is 1240 g/mol. The molecule has 26 heteroatoms. The largest absolute Gasteiger partial charge is 0.458 e. The molecule has 26 nitrogen and oxygen atoms in total. The Morgan fingerprint density at radius 2 is 1.21 bits per heavy atom. The second-order valence-electron chi connectivity index (χ2n) is 26.3. The van der Waals surface area contributed by atoms with Crippen molar-refractivity contribution in [2.45, 2.75) is 277 Å². The number of nitrogens with zero attached hydrogens (tertiary/aromatic N) is 1. The maximum absolute atomic E-state index is 13.8. The fraction of sp³-hybridized carbons (Fsp3) is 0.869. The lowest BCUT2D eigenvalue weighted by Gasteiger charge is -2.67. The smallest absolute Gasteiger partial charge is 0.339 e. The van der Waals surface area contributed by atoms with E-state index in [-0.39, 0.29) is 43.3 Å². The topological polar surface area (TPSA) is 350 Å². The zero-order chi connectivity index (χ0) is 62.9. The standard InChI is InChI=1S/C61H95NO25/c1-28-49(36(73-8)22-42(77-28)81-35-15-16-57(6)34(21-35)14-17-60(71)40(57)25-41(83-54(69)33-13-12-20-62-26-33)58(7)59(70,32(5)64)18-19-61(58,60)72)84-43-23-37(74-9)50(29(2)78-43)85-44-24-38(75-10)51(30(3)79-44)86-56-48(68)53(76-11)52(31(4)80-56)87-55-47(67)46(66)45(65)39(27-63)82-55/h12-14,17,20,26,28-32,34-53,55-56,63-68,70-72H,15-16,18-19,21-25,27H2,1-11H3/t28-,29-,30+,31+,32+,34+,35-,36+,37-,38+,39-,40-,41-,42+,43+,44+,45-,46-,47-,48+,49+,50+,51+,52-,53+,55+,56+,57-,58-,59+,60-,61+/m0/s1. The van der Waals surface area contributed by atoms with Gasteiger partial charge in [0.15, 0.2) is 31.5 Å². The highest BCUT2D eigenvalue weighted by Gasteiger charge is 2.81. The molecule has 0 spiro atoms. The summed E-state index contributed by atoms with van der Waals surface area (Å²) in [6.45, 7) is 11.7. The Balaban J connectivity index is 0.727. The van der Waals surface area contributed by atoms with E-state index >= 15 is 0 Å². The number of aromatic nitrogens is 1. The van der Waals surface area contributed by atoms with Crippen LogP contribution in [0.25, 0.3) is 0 Å². The number of hydrogen-bond acceptors (Lipinski definition) is 26. The number of methoxy groups -OCH3 is 4. The number of ether oxygens (including phenoxy) is 15. The summed E-state index contributed by atoms with van der Waals surface area (Å²) in [5, 5.41) is 102. The van der Waals surface area contributed by atoms with E-state index in [0.29, 0.717) is 32.1 Å². The number of carbonyl (C=O) groups excluding carboxylic acids is 1. The molecule has 0 amide bonds. The summed E-state index contributed by atoms with van der Waals surface area (Å²) < 4.78 is 93.6. The third-order valence-electron chi connectivity index (χ3n) is 21.7. The van der Waals surface area contributed by atoms with Gasteiger partial charge >= 0.3 is 5.97 Å². The molecule has 0 aromatic carbocycles. The van der Waals surface area contributed by atoms with Crippen molar-refractivity contribution in [3.05, 3.63) is 42.2 Å². The molecule has 3 saturated carbocycles. The molecule has 0 unspecified atom stereocenters. The van der Waals surface area contributed by atoms with Crippen molar-refractivity contribution >= 4 is 5.97 Å². The average Bonchev–Trinajstić information content (AvgIpc) is 1.61. The number of rotatable bonds is 18. The van der Waals surface area contributed by atoms with E-state index in [4.69, 9.17) is 71.1 Å². The van der Waals surface area contributed by atoms with Crippen LogP contribution in [0.2, 0.25) is 0 Å². The molecule has 10 rings (SSSR count). The van der Waals surface area contributed by atoms with E-state index in [0.717, 1.165) is 0 Å². The summed E-state index contributed by atoms with van der Waals surface area (Å²) in [4.78, 5) is 17.8. The molecule has 1 aromatic rings. The predicted molar refractivity (Wildman–Crippen MR) is 299 cm³/mol. The molecular weight excluding hydrogens is 1150 g/mol. The van der Waals surface area contributed by atoms with Crippen molar-refractivity contribution in [1.82, 2.24) is 4.98 Å². The van der Waals surface area contributed by atoms with E-state index in [9.17, 15) is 50.8 Å². The average molecular weight is 1240 g/mol. The van der Waals surface area contributed by atoms with Gasteiger partial charge in [-0.15, -0.1) is 0 Å². The van der Waals surface area contributed by atoms with Crippen LogP contribution in [0.1, 0.15) is 117 Å². The third-order valence-corrected chi connectivity index (χ3v) is 21.7. The molecule has 32 atom stereocenters. The quantitative estimate of drug-likeness (QED) is 0.0720. The summed E-state index contributed by atoms with van der Waals surface area (Å²) in [5.41, 5.74) is -7.78. The fourth-order valence-electron chi connectivity index (χ4n) is 16.4. The van der Waals surface area contributed by atoms with Gasteiger partial charge in [0, 0.05) is 66.0 Å². The lowest BCUT2D eigenvalue weighted by Crippen LogP contribution is -2.78. The van der Waals surface area contributed by atoms with Crippen LogP contribution in [0.3, 0.4) is 0 Å². The van der Waals surface area contributed by atoms with Gasteiger partial charge in [-0.3, -0.25) is 4.98 Å². The van der Waals surface area contributed by atoms with Gasteiger partial charge < -0.3 is 117 Å². The maximum Gasteiger partial charge on any atom is 0.339 e. The summed E-state index contributed by atoms with van der Waals surface area (Å²) in [6.07, 6.45) is -14.0. The first-order chi connectivity index (χ1) is 41.2. The van der Waals surface area contributed by atoms with Crippen LogP contribution in [-0.4, -0.2) is 262 Å². The highest BCUT2D eigenvalue weighted by Crippen LogP contribution is 2.71. The highest BCUT2D eigenvalue weighted by molar-refractivity contribution is 5.89. The van der Waals surface area contributed by atoms with E-state index < -0.39 is 194 Å². The van der Waals surface area contributed by atoms with Crippen molar-refractivity contribution in [3.8, 4) is 0 Å². The molecule has 0 bridgehead atoms. The molecule has 87 heavy (non-hydrogen) atoms. The number of hydrogen-bond donors (Lipinski definition) is 9. The summed E-state index contributed by atoms with van der Waals surface area (Å²) >= 11 is 0. The van der Waals surface area contributed by atoms with Crippen LogP contribution < -0.4 is 0 Å². The van der Waals surface area contributed by atoms with Crippen molar-refractivity contribution < 1.29 is 122 Å². The summed E-state index contributed by atoms with van der Waals surface area (Å²) in [7, 11) is 6.10. The molecule has 6 heterocycles. The molecule has 4 aliphatic carbocycles. The summed E-state index contributed by atoms with van der Waals surface area (Å²) in [5.74, 6) is -1.41. The van der Waals surface area contributed by atoms with Crippen LogP contribution in [0.4, 0.5) is 0 Å². The van der Waals surface area contributed by atoms with E-state index in [1.54, 1.807) is 59.4 Å². The number of aliphatic hydroxyl groups is 9. The molecule has 0 radical (unpaired) electrons. The van der Waals surface area contributed by atoms with Crippen LogP contribution >= 0.6 is 0 Å². The van der Waals surface area contributed by atoms with Crippen molar-refractivity contribution in [2.24, 2.45) is 22.7 Å². The van der Waals surface area contributed by atoms with E-state index in [2.05, 4.69) is 11.9 Å². The molecule has 5 aliphatic heterocycles. The first-order valence-electron chi connectivity index (χ1n) is 30.9. The Morgan fingerprint density at radius 3 is 1.75 bits per heavy atom. The Labute approximate surface area is 507 Å². The minimum absolute atomic E-state index is 0.0254. The van der Waals surface area contributed by atoms with Crippen molar-refractivity contribution in [2.75, 3.05) is 35.0 Å². The minimum atomic E-state index is -1.99. The Hall–Kier alpha value is -2.56. The van der Waals surface area contributed by atoms with Crippen molar-refractivity contribution in [1.29, 1.82) is 0 Å². The van der Waals surface area contributed by atoms with Gasteiger partial charge in [0.25, 0.3) is 0 Å². The zero-order valence-corrected chi connectivity index (χ0v) is 51.6. The first kappa shape index (κ1) is 67.3. The molecule has 8 fully saturated rings. The van der Waals surface area contributed by atoms with Gasteiger partial charge in [0.2, 0.25) is 0 Å². The van der Waals surface area contributed by atoms with Crippen molar-refractivity contribution in [3.63, 3.8) is 0 Å². The zero-order valence-electron chi connectivity index (χ0n) is 51.6. The molecular formula is C61H95NO25. The molecule has 9 N–H and O–H groups in total. The van der Waals surface area contributed by atoms with Gasteiger partial charge in [-0.05, 0) is 96.6 Å². The molecule has 5 saturated heterocycles. The predicted octanol–water partition coefficient (Wildman–Crippen LogP) is 0.674. The summed E-state index contributed by atoms with van der Waals surface area (Å²) in [6, 6.07) is 3.20. The second-order valence-corrected chi connectivity index (χ2v) is 26.3. The van der Waals surface area contributed by atoms with Gasteiger partial charge in [0.1, 0.15) is 83.9 Å². The maximum atomic E-state index is 13.8. The van der Waals surface area contributed by atoms with Gasteiger partial charge in [-0.25, -0.2) is 4.79 Å². The number of carbonyl (C=O) groups is 1. The second kappa shape index (κ2) is 26.4. The number of aliphatic hydroxyl groups excluding tert-OH is 6. The Kier molecular flexibility index (Phi) is 20.5. The van der Waals surface area contributed by atoms with E-state index in [1.165, 1.54) is 27.3 Å². The minimum Gasteiger partial charge on any atom is -0.458 e. The number of esters is 1. The normalized spacial score (nSPS) is 51.2. The molecule has 494 valence electrons. The number of pyridine rings is 1. The van der Waals surface area contributed by atoms with Crippen LogP contribution in [0, 0.1) is 22.7 Å². The SMILES string of the molecule is CO[C@@H]1[C@@H](O)[C@@H](O[C@@H]2[C@@H](C)O[C@H](O[C@@H]3[C@H](C)O[C@H](O[C@@H]4[C@H](C)O[C@H](O[C@H]5CC[C@@]6(C)[C@H](C=C[C@]7(O)[C@H]6C[C@H](OC(=O)c6cccnc6)[C@]6(C)[C@]7(O)CC[C@@]6(O)[C@@H](C)O)C5)C[C@H]4OC)C[C@@H]3OC)C[C@H]2OC)O[C@H](C)[C@@H]1O[C@H]1O[C@@H](CO)[C@H](O)[C@H](O)[C@@H]1O. The molecule has 9 aliphatic rings. The van der Waals surface area contributed by atoms with Gasteiger partial charge in [-0.1, -0.05) is 26.0 Å². The van der Waals surface area contributed by atoms with Crippen LogP contribution in [0.5, 0.6) is 0 Å². The lowest BCUT2D eigenvalue weighted by atomic mass is 9.42. The number of fused-ring (bicyclic) bond motifs is 5. The van der Waals surface area contributed by atoms with Crippen LogP contribution in [0.15, 0.2) is 36.7 Å². The number of allylic oxidation sites excluding steroid dienone is 1. The lowest BCUT2D eigenvalue weighted by molar-refractivity contribution is -0.374. The fourth-order valence-corrected chi connectivity index (χ4v) is 16.4. The first-order valence-corrected chi connectivity index (χ1v) is 30.9. The Morgan fingerprint density at radius 1 is 0.655 bits per heavy atom. The highest BCUT2D eigenvalue weighted by atomic mass is 16.8. The van der Waals surface area contributed by atoms with E-state index in [1.807, 2.05) is 19.9 Å². The van der Waals surface area contributed by atoms with Gasteiger partial charge in [0.05, 0.1) is 72.5 Å².